The molecule has 6 heteroatoms. The minimum Gasteiger partial charge on any atom is -0.462 e. The first-order chi connectivity index (χ1) is 17.9. The molecule has 5 fully saturated rings. The summed E-state index contributed by atoms with van der Waals surface area (Å²) in [5, 5.41) is 0. The maximum absolute atomic E-state index is 12.1. The maximum atomic E-state index is 12.1. The van der Waals surface area contributed by atoms with Gasteiger partial charge in [0, 0.05) is 12.3 Å². The van der Waals surface area contributed by atoms with E-state index in [0.29, 0.717) is 36.2 Å². The van der Waals surface area contributed by atoms with E-state index in [4.69, 9.17) is 8.92 Å². The summed E-state index contributed by atoms with van der Waals surface area (Å²) in [4.78, 5) is 11.9. The summed E-state index contributed by atoms with van der Waals surface area (Å²) in [6.45, 7) is 21.0. The Labute approximate surface area is 238 Å². The number of esters is 1. The fourth-order valence-electron chi connectivity index (χ4n) is 12.1. The number of ether oxygens (including phenoxy) is 1. The molecule has 0 saturated heterocycles. The van der Waals surface area contributed by atoms with Crippen LogP contribution in [0.25, 0.3) is 0 Å². The van der Waals surface area contributed by atoms with Crippen LogP contribution in [0.2, 0.25) is 0 Å². The lowest BCUT2D eigenvalue weighted by atomic mass is 9.32. The molecule has 0 bridgehead atoms. The summed E-state index contributed by atoms with van der Waals surface area (Å²) in [5.41, 5.74) is 1.84. The second kappa shape index (κ2) is 9.31. The Morgan fingerprint density at radius 3 is 2.15 bits per heavy atom. The van der Waals surface area contributed by atoms with Crippen LogP contribution in [0.3, 0.4) is 0 Å². The van der Waals surface area contributed by atoms with Crippen LogP contribution in [-0.2, 0) is 23.8 Å². The Balaban J connectivity index is 1.50. The van der Waals surface area contributed by atoms with Gasteiger partial charge in [0.2, 0.25) is 0 Å². The Hall–Kier alpha value is -0.880. The highest BCUT2D eigenvalue weighted by atomic mass is 32.2. The van der Waals surface area contributed by atoms with E-state index >= 15 is 0 Å². The van der Waals surface area contributed by atoms with Crippen LogP contribution in [0.1, 0.15) is 113 Å². The molecule has 5 saturated carbocycles. The molecule has 0 radical (unpaired) electrons. The first kappa shape index (κ1) is 29.6. The Morgan fingerprint density at radius 2 is 1.54 bits per heavy atom. The number of carbonyl (C=O) groups is 1. The molecule has 0 amide bonds. The quantitative estimate of drug-likeness (QED) is 0.197. The van der Waals surface area contributed by atoms with Crippen LogP contribution in [0.5, 0.6) is 0 Å². The zero-order valence-corrected chi connectivity index (χ0v) is 26.7. The smallest absolute Gasteiger partial charge is 0.302 e. The molecular weight excluding hydrogens is 508 g/mol. The standard InChI is InChI=1S/C33H54O5S/c1-21(2)23-12-17-33(20-37-39(9,35)36)19-18-31(7)24(28(23)33)10-11-26-30(6)15-14-27(38-22(3)34)29(4,5)25(30)13-16-32(26,31)8/h23-28H,1,10-20H2,2-9H3/t23-,24?,25?,26?,27-,28?,30-,31+,32+,33+/m0/s1. The predicted octanol–water partition coefficient (Wildman–Crippen LogP) is 7.55. The van der Waals surface area contributed by atoms with Gasteiger partial charge < -0.3 is 4.74 Å². The molecule has 5 nitrogen and oxygen atoms in total. The SMILES string of the molecule is C=C(C)[C@@H]1CC[C@]2(COS(C)(=O)=O)CC[C@]3(C)C(CCC4[C@@]5(C)CC[C@H](OC(C)=O)C(C)(C)C5CC[C@]43C)C12. The number of carbonyl (C=O) groups excluding carboxylic acids is 1. The highest BCUT2D eigenvalue weighted by Gasteiger charge is 2.71. The maximum Gasteiger partial charge on any atom is 0.302 e. The highest BCUT2D eigenvalue weighted by Crippen LogP contribution is 2.77. The van der Waals surface area contributed by atoms with E-state index < -0.39 is 10.1 Å². The van der Waals surface area contributed by atoms with Gasteiger partial charge in [-0.25, -0.2) is 0 Å². The van der Waals surface area contributed by atoms with Crippen molar-refractivity contribution in [3.63, 3.8) is 0 Å². The molecule has 5 rings (SSSR count). The third-order valence-electron chi connectivity index (χ3n) is 14.0. The van der Waals surface area contributed by atoms with Crippen LogP contribution in [0.15, 0.2) is 12.2 Å². The average Bonchev–Trinajstić information content (AvgIpc) is 3.20. The fraction of sp³-hybridized carbons (Fsp3) is 0.909. The Kier molecular flexibility index (Phi) is 7.07. The number of hydrogen-bond donors (Lipinski definition) is 0. The summed E-state index contributed by atoms with van der Waals surface area (Å²) in [6.07, 6.45) is 12.5. The van der Waals surface area contributed by atoms with Gasteiger partial charge >= 0.3 is 5.97 Å². The third kappa shape index (κ3) is 4.31. The van der Waals surface area contributed by atoms with Crippen molar-refractivity contribution in [2.75, 3.05) is 12.9 Å². The van der Waals surface area contributed by atoms with Crippen molar-refractivity contribution >= 4 is 16.1 Å². The number of hydrogen-bond acceptors (Lipinski definition) is 5. The lowest BCUT2D eigenvalue weighted by Crippen LogP contribution is -2.67. The zero-order valence-electron chi connectivity index (χ0n) is 25.9. The molecule has 0 aromatic heterocycles. The van der Waals surface area contributed by atoms with Crippen LogP contribution >= 0.6 is 0 Å². The molecule has 0 aliphatic heterocycles. The molecule has 0 heterocycles. The minimum atomic E-state index is -3.48. The van der Waals surface area contributed by atoms with Crippen molar-refractivity contribution in [2.24, 2.45) is 56.7 Å². The van der Waals surface area contributed by atoms with E-state index in [2.05, 4.69) is 48.1 Å². The van der Waals surface area contributed by atoms with E-state index in [1.807, 2.05) is 0 Å². The highest BCUT2D eigenvalue weighted by molar-refractivity contribution is 7.85. The molecule has 0 aromatic rings. The molecule has 0 N–H and O–H groups in total. The predicted molar refractivity (Wildman–Crippen MR) is 155 cm³/mol. The van der Waals surface area contributed by atoms with E-state index in [0.717, 1.165) is 38.5 Å². The summed E-state index contributed by atoms with van der Waals surface area (Å²) < 4.78 is 35.7. The molecule has 4 unspecified atom stereocenters. The van der Waals surface area contributed by atoms with Gasteiger partial charge in [0.25, 0.3) is 10.1 Å². The van der Waals surface area contributed by atoms with Crippen molar-refractivity contribution in [1.29, 1.82) is 0 Å². The monoisotopic (exact) mass is 562 g/mol. The molecule has 0 aromatic carbocycles. The topological polar surface area (TPSA) is 69.7 Å². The normalized spacial score (nSPS) is 48.7. The van der Waals surface area contributed by atoms with Gasteiger partial charge in [-0.05, 0) is 122 Å². The minimum absolute atomic E-state index is 0.00399. The van der Waals surface area contributed by atoms with Crippen molar-refractivity contribution in [3.05, 3.63) is 12.2 Å². The second-order valence-corrected chi connectivity index (χ2v) is 17.6. The summed E-state index contributed by atoms with van der Waals surface area (Å²) in [5.74, 6) is 2.48. The van der Waals surface area contributed by atoms with Crippen LogP contribution in [-0.4, -0.2) is 33.4 Å². The second-order valence-electron chi connectivity index (χ2n) is 16.0. The fourth-order valence-corrected chi connectivity index (χ4v) is 12.6. The number of rotatable bonds is 5. The third-order valence-corrected chi connectivity index (χ3v) is 14.6. The van der Waals surface area contributed by atoms with E-state index in [1.165, 1.54) is 37.5 Å². The van der Waals surface area contributed by atoms with Crippen LogP contribution < -0.4 is 0 Å². The molecule has 39 heavy (non-hydrogen) atoms. The van der Waals surface area contributed by atoms with Crippen LogP contribution in [0, 0.1) is 56.7 Å². The van der Waals surface area contributed by atoms with Gasteiger partial charge in [-0.15, -0.1) is 0 Å². The Morgan fingerprint density at radius 1 is 0.846 bits per heavy atom. The zero-order chi connectivity index (χ0) is 28.8. The lowest BCUT2D eigenvalue weighted by Gasteiger charge is -2.73. The van der Waals surface area contributed by atoms with Gasteiger partial charge in [-0.1, -0.05) is 46.8 Å². The van der Waals surface area contributed by atoms with E-state index in [-0.39, 0.29) is 39.1 Å². The summed E-state index contributed by atoms with van der Waals surface area (Å²) in [7, 11) is -3.48. The van der Waals surface area contributed by atoms with Crippen molar-refractivity contribution < 1.29 is 22.1 Å². The largest absolute Gasteiger partial charge is 0.462 e. The van der Waals surface area contributed by atoms with Gasteiger partial charge in [0.15, 0.2) is 0 Å². The molecular formula is C33H54O5S. The van der Waals surface area contributed by atoms with E-state index in [9.17, 15) is 13.2 Å². The van der Waals surface area contributed by atoms with Gasteiger partial charge in [0.05, 0.1) is 12.9 Å². The first-order valence-corrected chi connectivity index (χ1v) is 17.4. The van der Waals surface area contributed by atoms with Crippen LogP contribution in [0.4, 0.5) is 0 Å². The van der Waals surface area contributed by atoms with Crippen molar-refractivity contribution in [3.8, 4) is 0 Å². The molecule has 5 aliphatic carbocycles. The average molecular weight is 563 g/mol. The van der Waals surface area contributed by atoms with Crippen molar-refractivity contribution in [1.82, 2.24) is 0 Å². The molecule has 0 spiro atoms. The molecule has 5 aliphatic rings. The Bertz CT molecular complexity index is 1130. The van der Waals surface area contributed by atoms with Gasteiger partial charge in [0.1, 0.15) is 6.10 Å². The molecule has 10 atom stereocenters. The summed E-state index contributed by atoms with van der Waals surface area (Å²) in [6, 6.07) is 0. The number of allylic oxidation sites excluding steroid dienone is 1. The lowest BCUT2D eigenvalue weighted by molar-refractivity contribution is -0.251. The van der Waals surface area contributed by atoms with E-state index in [1.54, 1.807) is 6.92 Å². The number of fused-ring (bicyclic) bond motifs is 7. The first-order valence-electron chi connectivity index (χ1n) is 15.6. The van der Waals surface area contributed by atoms with Gasteiger partial charge in [-0.3, -0.25) is 8.98 Å². The molecule has 222 valence electrons. The summed E-state index contributed by atoms with van der Waals surface area (Å²) >= 11 is 0. The van der Waals surface area contributed by atoms with Gasteiger partial charge in [-0.2, -0.15) is 8.42 Å². The van der Waals surface area contributed by atoms with Crippen molar-refractivity contribution in [2.45, 2.75) is 119 Å².